The fraction of sp³-hybridized carbons (Fsp3) is 0.333. The van der Waals surface area contributed by atoms with Crippen LogP contribution in [0, 0.1) is 25.2 Å². The standard InChI is InChI=1S/C30H32ClN3O6/c1-5-12-39-22-9-6-20(7-10-22)15-25(33-27(35)17-31)30(38)34-24(13-18(2)3)29(37)32-21-8-11-23-19(4)14-28(36)40-26(23)16-21/h1,6-11,14,16,18,24-25H,12-13,15,17H2,2-4H3,(H,32,37)(H,33,35)(H,34,38)/t24-,25-/m0/s1. The Morgan fingerprint density at radius 1 is 1.02 bits per heavy atom. The summed E-state index contributed by atoms with van der Waals surface area (Å²) in [6.07, 6.45) is 5.72. The van der Waals surface area contributed by atoms with Crippen molar-refractivity contribution in [3.05, 3.63) is 70.1 Å². The zero-order chi connectivity index (χ0) is 29.2. The molecule has 9 nitrogen and oxygen atoms in total. The van der Waals surface area contributed by atoms with E-state index in [-0.39, 0.29) is 24.8 Å². The van der Waals surface area contributed by atoms with Crippen molar-refractivity contribution in [1.82, 2.24) is 10.6 Å². The molecule has 0 fully saturated rings. The van der Waals surface area contributed by atoms with E-state index in [1.165, 1.54) is 6.07 Å². The lowest BCUT2D eigenvalue weighted by atomic mass is 10.0. The number of terminal acetylenes is 1. The Morgan fingerprint density at radius 2 is 1.75 bits per heavy atom. The lowest BCUT2D eigenvalue weighted by molar-refractivity contribution is -0.130. The molecule has 3 N–H and O–H groups in total. The third-order valence-corrected chi connectivity index (χ3v) is 6.26. The lowest BCUT2D eigenvalue weighted by Crippen LogP contribution is -2.54. The number of carbonyl (C=O) groups is 3. The van der Waals surface area contributed by atoms with Crippen molar-refractivity contribution in [1.29, 1.82) is 0 Å². The average molecular weight is 566 g/mol. The number of aryl methyl sites for hydroxylation is 1. The van der Waals surface area contributed by atoms with Crippen LogP contribution in [0.5, 0.6) is 5.75 Å². The van der Waals surface area contributed by atoms with Crippen LogP contribution in [0.2, 0.25) is 0 Å². The van der Waals surface area contributed by atoms with Crippen molar-refractivity contribution in [2.45, 2.75) is 45.7 Å². The molecule has 2 aromatic carbocycles. The third kappa shape index (κ3) is 8.61. The zero-order valence-electron chi connectivity index (χ0n) is 22.6. The SMILES string of the molecule is C#CCOc1ccc(C[C@H](NC(=O)CCl)C(=O)N[C@@H](CC(C)C)C(=O)Nc2ccc3c(C)cc(=O)oc3c2)cc1. The number of hydrogen-bond acceptors (Lipinski definition) is 6. The molecule has 0 aliphatic heterocycles. The molecule has 0 aliphatic carbocycles. The zero-order valence-corrected chi connectivity index (χ0v) is 23.3. The first-order chi connectivity index (χ1) is 19.1. The Balaban J connectivity index is 1.77. The monoisotopic (exact) mass is 565 g/mol. The predicted octanol–water partition coefficient (Wildman–Crippen LogP) is 3.55. The average Bonchev–Trinajstić information content (AvgIpc) is 2.91. The summed E-state index contributed by atoms with van der Waals surface area (Å²) in [4.78, 5) is 50.5. The Morgan fingerprint density at radius 3 is 2.40 bits per heavy atom. The number of rotatable bonds is 12. The van der Waals surface area contributed by atoms with Gasteiger partial charge in [0, 0.05) is 29.6 Å². The van der Waals surface area contributed by atoms with Crippen molar-refractivity contribution in [3.8, 4) is 18.1 Å². The number of halogens is 1. The molecule has 3 rings (SSSR count). The van der Waals surface area contributed by atoms with Crippen LogP contribution in [0.4, 0.5) is 5.69 Å². The summed E-state index contributed by atoms with van der Waals surface area (Å²) in [7, 11) is 0. The number of fused-ring (bicyclic) bond motifs is 1. The largest absolute Gasteiger partial charge is 0.481 e. The topological polar surface area (TPSA) is 127 Å². The molecule has 0 spiro atoms. The molecule has 210 valence electrons. The molecule has 3 aromatic rings. The van der Waals surface area contributed by atoms with Gasteiger partial charge in [-0.3, -0.25) is 14.4 Å². The number of amides is 3. The van der Waals surface area contributed by atoms with E-state index in [2.05, 4.69) is 21.9 Å². The van der Waals surface area contributed by atoms with E-state index in [4.69, 9.17) is 27.2 Å². The van der Waals surface area contributed by atoms with Gasteiger partial charge in [0.25, 0.3) is 0 Å². The molecule has 10 heteroatoms. The van der Waals surface area contributed by atoms with Crippen LogP contribution < -0.4 is 26.3 Å². The molecular formula is C30H32ClN3O6. The van der Waals surface area contributed by atoms with Crippen molar-refractivity contribution < 1.29 is 23.5 Å². The van der Waals surface area contributed by atoms with Gasteiger partial charge in [0.05, 0.1) is 0 Å². The normalized spacial score (nSPS) is 12.3. The van der Waals surface area contributed by atoms with Crippen LogP contribution in [0.1, 0.15) is 31.4 Å². The first-order valence-electron chi connectivity index (χ1n) is 12.8. The van der Waals surface area contributed by atoms with Crippen molar-refractivity contribution in [2.75, 3.05) is 17.8 Å². The number of ether oxygens (including phenoxy) is 1. The summed E-state index contributed by atoms with van der Waals surface area (Å²) >= 11 is 5.68. The maximum atomic E-state index is 13.4. The van der Waals surface area contributed by atoms with E-state index >= 15 is 0 Å². The van der Waals surface area contributed by atoms with Crippen LogP contribution >= 0.6 is 11.6 Å². The molecule has 0 saturated heterocycles. The highest BCUT2D eigenvalue weighted by atomic mass is 35.5. The van der Waals surface area contributed by atoms with E-state index in [0.29, 0.717) is 23.4 Å². The van der Waals surface area contributed by atoms with Gasteiger partial charge in [0.1, 0.15) is 35.9 Å². The first kappa shape index (κ1) is 30.3. The molecule has 1 heterocycles. The van der Waals surface area contributed by atoms with E-state index in [9.17, 15) is 19.2 Å². The molecule has 40 heavy (non-hydrogen) atoms. The minimum Gasteiger partial charge on any atom is -0.481 e. The number of carbonyl (C=O) groups excluding carboxylic acids is 3. The summed E-state index contributed by atoms with van der Waals surface area (Å²) in [5.41, 5.74) is 1.77. The van der Waals surface area contributed by atoms with Gasteiger partial charge in [-0.1, -0.05) is 31.9 Å². The molecule has 0 aliphatic rings. The predicted molar refractivity (Wildman–Crippen MR) is 154 cm³/mol. The summed E-state index contributed by atoms with van der Waals surface area (Å²) in [6.45, 7) is 5.78. The minimum atomic E-state index is -0.982. The minimum absolute atomic E-state index is 0.0692. The molecule has 0 unspecified atom stereocenters. The Kier molecular flexibility index (Phi) is 10.7. The smallest absolute Gasteiger partial charge is 0.336 e. The summed E-state index contributed by atoms with van der Waals surface area (Å²) in [6, 6.07) is 11.5. The Labute approximate surface area is 237 Å². The Hall–Kier alpha value is -4.29. The van der Waals surface area contributed by atoms with Gasteiger partial charge in [-0.15, -0.1) is 18.0 Å². The molecular weight excluding hydrogens is 534 g/mol. The number of anilines is 1. The van der Waals surface area contributed by atoms with Crippen LogP contribution in [0.15, 0.2) is 57.7 Å². The summed E-state index contributed by atoms with van der Waals surface area (Å²) in [5, 5.41) is 8.95. The maximum absolute atomic E-state index is 13.4. The lowest BCUT2D eigenvalue weighted by Gasteiger charge is -2.24. The highest BCUT2D eigenvalue weighted by molar-refractivity contribution is 6.27. The fourth-order valence-electron chi connectivity index (χ4n) is 4.13. The van der Waals surface area contributed by atoms with Gasteiger partial charge in [-0.05, 0) is 54.7 Å². The van der Waals surface area contributed by atoms with Crippen LogP contribution in [0.3, 0.4) is 0 Å². The molecule has 1 aromatic heterocycles. The molecule has 0 radical (unpaired) electrons. The third-order valence-electron chi connectivity index (χ3n) is 6.02. The number of nitrogens with one attached hydrogen (secondary N) is 3. The Bertz CT molecular complexity index is 1460. The number of alkyl halides is 1. The van der Waals surface area contributed by atoms with Crippen molar-refractivity contribution in [2.24, 2.45) is 5.92 Å². The van der Waals surface area contributed by atoms with E-state index in [1.54, 1.807) is 49.4 Å². The van der Waals surface area contributed by atoms with Gasteiger partial charge < -0.3 is 25.1 Å². The van der Waals surface area contributed by atoms with Crippen molar-refractivity contribution >= 4 is 46.0 Å². The van der Waals surface area contributed by atoms with Crippen molar-refractivity contribution in [3.63, 3.8) is 0 Å². The summed E-state index contributed by atoms with van der Waals surface area (Å²) in [5.74, 6) is 1.20. The van der Waals surface area contributed by atoms with Gasteiger partial charge in [0.15, 0.2) is 0 Å². The second-order valence-corrected chi connectivity index (χ2v) is 10.0. The number of benzene rings is 2. The van der Waals surface area contributed by atoms with Gasteiger partial charge in [-0.2, -0.15) is 0 Å². The fourth-order valence-corrected chi connectivity index (χ4v) is 4.21. The van der Waals surface area contributed by atoms with E-state index in [1.807, 2.05) is 13.8 Å². The van der Waals surface area contributed by atoms with Crippen LogP contribution in [-0.4, -0.2) is 42.3 Å². The van der Waals surface area contributed by atoms with E-state index in [0.717, 1.165) is 16.5 Å². The second kappa shape index (κ2) is 14.2. The van der Waals surface area contributed by atoms with Gasteiger partial charge in [-0.25, -0.2) is 4.79 Å². The van der Waals surface area contributed by atoms with E-state index < -0.39 is 35.4 Å². The highest BCUT2D eigenvalue weighted by Crippen LogP contribution is 2.21. The maximum Gasteiger partial charge on any atom is 0.336 e. The first-order valence-corrected chi connectivity index (χ1v) is 13.3. The van der Waals surface area contributed by atoms with Gasteiger partial charge in [0.2, 0.25) is 17.7 Å². The quantitative estimate of drug-likeness (QED) is 0.175. The summed E-state index contributed by atoms with van der Waals surface area (Å²) < 4.78 is 10.6. The van der Waals surface area contributed by atoms with Crippen LogP contribution in [-0.2, 0) is 20.8 Å². The van der Waals surface area contributed by atoms with Crippen LogP contribution in [0.25, 0.3) is 11.0 Å². The molecule has 0 bridgehead atoms. The molecule has 3 amide bonds. The molecule has 0 saturated carbocycles. The van der Waals surface area contributed by atoms with Gasteiger partial charge >= 0.3 is 5.63 Å². The number of hydrogen-bond donors (Lipinski definition) is 3. The second-order valence-electron chi connectivity index (χ2n) is 9.73. The highest BCUT2D eigenvalue weighted by Gasteiger charge is 2.28. The molecule has 2 atom stereocenters.